The lowest BCUT2D eigenvalue weighted by Gasteiger charge is -2.10. The molecular formula is C34H20N2O8. The third kappa shape index (κ3) is 5.07. The highest BCUT2D eigenvalue weighted by Crippen LogP contribution is 2.31. The normalized spacial score (nSPS) is 11.0. The zero-order chi connectivity index (χ0) is 31.1. The number of rotatable bonds is 7. The van der Waals surface area contributed by atoms with Crippen LogP contribution >= 0.6 is 0 Å². The fraction of sp³-hybridized carbons (Fsp3) is 0. The minimum Gasteiger partial charge on any atom is -0.478 e. The first kappa shape index (κ1) is 27.7. The molecule has 0 radical (unpaired) electrons. The molecule has 0 unspecified atom stereocenters. The Morgan fingerprint density at radius 3 is 0.977 bits per heavy atom. The molecule has 0 amide bonds. The fourth-order valence-corrected chi connectivity index (χ4v) is 5.09. The van der Waals surface area contributed by atoms with Crippen LogP contribution in [-0.4, -0.2) is 54.3 Å². The maximum Gasteiger partial charge on any atom is 0.354 e. The standard InChI is InChI=1S/C34H20N2O8/c37-31(38)25-15-29(33(41)42)35-27-11-9-21(13-23(25)27)19-5-1-17(2-6-19)18-3-7-20(8-4-18)22-10-12-28-24(14-22)26(32(39)40)16-30(36-28)34(43)44/h1-16H,(H,37,38)(H,39,40)(H,41,42)(H,43,44). The van der Waals surface area contributed by atoms with Gasteiger partial charge in [-0.3, -0.25) is 0 Å². The van der Waals surface area contributed by atoms with Gasteiger partial charge >= 0.3 is 23.9 Å². The van der Waals surface area contributed by atoms with Gasteiger partial charge in [0.1, 0.15) is 11.4 Å². The number of nitrogens with zero attached hydrogens (tertiary/aromatic N) is 2. The Morgan fingerprint density at radius 2 is 0.682 bits per heavy atom. The number of carboxylic acid groups (broad SMARTS) is 4. The summed E-state index contributed by atoms with van der Waals surface area (Å²) in [7, 11) is 0. The third-order valence-corrected chi connectivity index (χ3v) is 7.29. The van der Waals surface area contributed by atoms with Crippen molar-refractivity contribution in [3.05, 3.63) is 120 Å². The Balaban J connectivity index is 1.29. The van der Waals surface area contributed by atoms with E-state index in [1.165, 1.54) is 0 Å². The molecule has 0 bridgehead atoms. The van der Waals surface area contributed by atoms with Crippen LogP contribution in [0.15, 0.2) is 97.1 Å². The van der Waals surface area contributed by atoms with Crippen molar-refractivity contribution in [3.8, 4) is 33.4 Å². The molecule has 0 aliphatic heterocycles. The second-order valence-corrected chi connectivity index (χ2v) is 9.95. The minimum absolute atomic E-state index is 0.141. The van der Waals surface area contributed by atoms with E-state index < -0.39 is 23.9 Å². The first-order chi connectivity index (χ1) is 21.1. The highest BCUT2D eigenvalue weighted by atomic mass is 16.4. The Kier molecular flexibility index (Phi) is 6.79. The van der Waals surface area contributed by atoms with Crippen molar-refractivity contribution >= 4 is 45.7 Å². The zero-order valence-corrected chi connectivity index (χ0v) is 22.6. The smallest absolute Gasteiger partial charge is 0.354 e. The number of fused-ring (bicyclic) bond motifs is 2. The van der Waals surface area contributed by atoms with Crippen LogP contribution in [0, 0.1) is 0 Å². The average Bonchev–Trinajstić information content (AvgIpc) is 3.03. The average molecular weight is 585 g/mol. The second-order valence-electron chi connectivity index (χ2n) is 9.95. The van der Waals surface area contributed by atoms with Crippen molar-refractivity contribution in [1.82, 2.24) is 9.97 Å². The number of pyridine rings is 2. The lowest BCUT2D eigenvalue weighted by atomic mass is 9.96. The van der Waals surface area contributed by atoms with E-state index in [1.54, 1.807) is 36.4 Å². The molecule has 0 atom stereocenters. The first-order valence-electron chi connectivity index (χ1n) is 13.1. The lowest BCUT2D eigenvalue weighted by Crippen LogP contribution is -2.06. The number of aromatic nitrogens is 2. The van der Waals surface area contributed by atoms with Gasteiger partial charge in [-0.1, -0.05) is 60.7 Å². The molecule has 2 heterocycles. The van der Waals surface area contributed by atoms with Gasteiger partial charge in [-0.25, -0.2) is 29.1 Å². The summed E-state index contributed by atoms with van der Waals surface area (Å²) in [6.07, 6.45) is 0. The number of hydrogen-bond acceptors (Lipinski definition) is 6. The number of carboxylic acids is 4. The monoisotopic (exact) mass is 584 g/mol. The molecule has 0 fully saturated rings. The molecule has 2 aromatic heterocycles. The number of hydrogen-bond donors (Lipinski definition) is 4. The molecule has 6 rings (SSSR count). The van der Waals surface area contributed by atoms with Crippen LogP contribution in [0.2, 0.25) is 0 Å². The van der Waals surface area contributed by atoms with E-state index in [1.807, 2.05) is 48.5 Å². The molecule has 6 aromatic rings. The van der Waals surface area contributed by atoms with Crippen LogP contribution in [0.5, 0.6) is 0 Å². The first-order valence-corrected chi connectivity index (χ1v) is 13.1. The lowest BCUT2D eigenvalue weighted by molar-refractivity contribution is 0.0673. The van der Waals surface area contributed by atoms with Gasteiger partial charge in [-0.05, 0) is 69.8 Å². The van der Waals surface area contributed by atoms with Gasteiger partial charge in [0, 0.05) is 10.8 Å². The van der Waals surface area contributed by atoms with E-state index in [2.05, 4.69) is 9.97 Å². The Labute approximate surface area is 248 Å². The van der Waals surface area contributed by atoms with Crippen LogP contribution in [0.4, 0.5) is 0 Å². The van der Waals surface area contributed by atoms with Gasteiger partial charge in [0.25, 0.3) is 0 Å². The van der Waals surface area contributed by atoms with E-state index in [0.29, 0.717) is 10.8 Å². The number of carbonyl (C=O) groups is 4. The molecule has 0 saturated heterocycles. The van der Waals surface area contributed by atoms with Crippen molar-refractivity contribution in [2.75, 3.05) is 0 Å². The van der Waals surface area contributed by atoms with Gasteiger partial charge in [0.15, 0.2) is 0 Å². The van der Waals surface area contributed by atoms with E-state index in [-0.39, 0.29) is 33.5 Å². The summed E-state index contributed by atoms with van der Waals surface area (Å²) in [5.74, 6) is -5.10. The summed E-state index contributed by atoms with van der Waals surface area (Å²) < 4.78 is 0. The highest BCUT2D eigenvalue weighted by Gasteiger charge is 2.18. The van der Waals surface area contributed by atoms with E-state index >= 15 is 0 Å². The molecule has 0 saturated carbocycles. The van der Waals surface area contributed by atoms with Gasteiger partial charge in [0.2, 0.25) is 0 Å². The third-order valence-electron chi connectivity index (χ3n) is 7.29. The van der Waals surface area contributed by atoms with Crippen molar-refractivity contribution in [2.45, 2.75) is 0 Å². The summed E-state index contributed by atoms with van der Waals surface area (Å²) in [4.78, 5) is 54.5. The molecule has 10 heteroatoms. The van der Waals surface area contributed by atoms with Gasteiger partial charge < -0.3 is 20.4 Å². The quantitative estimate of drug-likeness (QED) is 0.160. The molecule has 44 heavy (non-hydrogen) atoms. The fourth-order valence-electron chi connectivity index (χ4n) is 5.09. The topological polar surface area (TPSA) is 175 Å². The maximum atomic E-state index is 11.8. The van der Waals surface area contributed by atoms with Crippen molar-refractivity contribution in [2.24, 2.45) is 0 Å². The molecular weight excluding hydrogens is 564 g/mol. The van der Waals surface area contributed by atoms with Gasteiger partial charge in [-0.2, -0.15) is 0 Å². The van der Waals surface area contributed by atoms with Crippen molar-refractivity contribution < 1.29 is 39.6 Å². The summed E-state index contributed by atoms with van der Waals surface area (Å²) in [6.45, 7) is 0. The predicted octanol–water partition coefficient (Wildman–Crippen LogP) is 6.58. The van der Waals surface area contributed by atoms with E-state index in [4.69, 9.17) is 0 Å². The largest absolute Gasteiger partial charge is 0.478 e. The molecule has 0 aliphatic carbocycles. The van der Waals surface area contributed by atoms with Crippen molar-refractivity contribution in [3.63, 3.8) is 0 Å². The van der Waals surface area contributed by atoms with Crippen molar-refractivity contribution in [1.29, 1.82) is 0 Å². The molecule has 4 aromatic carbocycles. The summed E-state index contributed by atoms with van der Waals surface area (Å²) in [6, 6.07) is 27.5. The molecule has 0 aliphatic rings. The maximum absolute atomic E-state index is 11.8. The number of aromatic carboxylic acids is 4. The molecule has 10 nitrogen and oxygen atoms in total. The van der Waals surface area contributed by atoms with Crippen LogP contribution in [0.1, 0.15) is 41.7 Å². The zero-order valence-electron chi connectivity index (χ0n) is 22.6. The summed E-state index contributed by atoms with van der Waals surface area (Å²) in [5.41, 5.74) is 4.59. The predicted molar refractivity (Wildman–Crippen MR) is 161 cm³/mol. The van der Waals surface area contributed by atoms with E-state index in [9.17, 15) is 39.6 Å². The summed E-state index contributed by atoms with van der Waals surface area (Å²) in [5, 5.41) is 38.5. The van der Waals surface area contributed by atoms with Crippen LogP contribution in [0.25, 0.3) is 55.2 Å². The molecule has 0 spiro atoms. The van der Waals surface area contributed by atoms with E-state index in [0.717, 1.165) is 45.5 Å². The SMILES string of the molecule is O=C(O)c1cc(C(=O)O)c2cc(-c3ccc(-c4ccc(-c5ccc6nc(C(=O)O)cc(C(=O)O)c6c5)cc4)cc3)ccc2n1. The van der Waals surface area contributed by atoms with Crippen LogP contribution < -0.4 is 0 Å². The Bertz CT molecular complexity index is 2020. The molecule has 214 valence electrons. The highest BCUT2D eigenvalue weighted by molar-refractivity contribution is 6.07. The van der Waals surface area contributed by atoms with Crippen LogP contribution in [0.3, 0.4) is 0 Å². The minimum atomic E-state index is -1.31. The Morgan fingerprint density at radius 1 is 0.386 bits per heavy atom. The summed E-state index contributed by atoms with van der Waals surface area (Å²) >= 11 is 0. The van der Waals surface area contributed by atoms with Crippen LogP contribution in [-0.2, 0) is 0 Å². The van der Waals surface area contributed by atoms with Gasteiger partial charge in [-0.15, -0.1) is 0 Å². The second kappa shape index (κ2) is 10.8. The number of benzene rings is 4. The van der Waals surface area contributed by atoms with Gasteiger partial charge in [0.05, 0.1) is 22.2 Å². The molecule has 4 N–H and O–H groups in total. The Hall–Kier alpha value is -6.42.